The molecule has 1 N–H and O–H groups in total. The molecular weight excluding hydrogens is 230 g/mol. The molecule has 4 heteroatoms. The van der Waals surface area contributed by atoms with E-state index in [0.717, 1.165) is 11.1 Å². The van der Waals surface area contributed by atoms with Gasteiger partial charge < -0.3 is 10.0 Å². The fraction of sp³-hybridized carbons (Fsp3) is 0.429. The number of carbonyl (C=O) groups is 2. The molecule has 0 saturated heterocycles. The summed E-state index contributed by atoms with van der Waals surface area (Å²) in [5, 5.41) is 9.03. The van der Waals surface area contributed by atoms with Gasteiger partial charge in [-0.3, -0.25) is 9.59 Å². The average molecular weight is 249 g/mol. The van der Waals surface area contributed by atoms with Crippen molar-refractivity contribution >= 4 is 11.9 Å². The molecule has 0 saturated carbocycles. The van der Waals surface area contributed by atoms with Crippen LogP contribution in [0.4, 0.5) is 0 Å². The van der Waals surface area contributed by atoms with Gasteiger partial charge in [0.15, 0.2) is 0 Å². The van der Waals surface area contributed by atoms with E-state index in [4.69, 9.17) is 5.11 Å². The number of nitrogens with zero attached hydrogens (tertiary/aromatic N) is 1. The Morgan fingerprint density at radius 1 is 1.28 bits per heavy atom. The zero-order valence-corrected chi connectivity index (χ0v) is 11.2. The van der Waals surface area contributed by atoms with Crippen molar-refractivity contribution in [1.82, 2.24) is 4.90 Å². The number of aliphatic carboxylic acids is 1. The molecule has 0 atom stereocenters. The van der Waals surface area contributed by atoms with E-state index < -0.39 is 17.3 Å². The van der Waals surface area contributed by atoms with Crippen LogP contribution in [0.2, 0.25) is 0 Å². The molecule has 4 nitrogen and oxygen atoms in total. The number of benzene rings is 1. The van der Waals surface area contributed by atoms with Gasteiger partial charge in [0, 0.05) is 13.6 Å². The van der Waals surface area contributed by atoms with Gasteiger partial charge in [-0.05, 0) is 31.9 Å². The minimum absolute atomic E-state index is 0.391. The Kier molecular flexibility index (Phi) is 4.11. The van der Waals surface area contributed by atoms with Gasteiger partial charge in [0.2, 0.25) is 5.91 Å². The molecule has 18 heavy (non-hydrogen) atoms. The molecule has 1 aromatic carbocycles. The first-order valence-corrected chi connectivity index (χ1v) is 5.80. The van der Waals surface area contributed by atoms with Gasteiger partial charge in [0.25, 0.3) is 0 Å². The number of aryl methyl sites for hydroxylation is 1. The molecule has 1 amide bonds. The summed E-state index contributed by atoms with van der Waals surface area (Å²) in [7, 11) is 1.62. The Morgan fingerprint density at radius 3 is 2.33 bits per heavy atom. The van der Waals surface area contributed by atoms with E-state index >= 15 is 0 Å². The lowest BCUT2D eigenvalue weighted by Gasteiger charge is -2.26. The lowest BCUT2D eigenvalue weighted by molar-refractivity contribution is -0.157. The Bertz CT molecular complexity index is 466. The predicted octanol–water partition coefficient (Wildman–Crippen LogP) is 2.06. The summed E-state index contributed by atoms with van der Waals surface area (Å²) in [5.41, 5.74) is 0.720. The second-order valence-electron chi connectivity index (χ2n) is 5.02. The molecule has 0 aromatic heterocycles. The number of carboxylic acid groups (broad SMARTS) is 1. The molecular formula is C14H19NO3. The maximum absolute atomic E-state index is 12.1. The largest absolute Gasteiger partial charge is 0.480 e. The molecule has 0 spiro atoms. The maximum atomic E-state index is 12.1. The van der Waals surface area contributed by atoms with Gasteiger partial charge in [-0.1, -0.05) is 24.3 Å². The van der Waals surface area contributed by atoms with E-state index in [9.17, 15) is 9.59 Å². The summed E-state index contributed by atoms with van der Waals surface area (Å²) < 4.78 is 0. The molecule has 1 aromatic rings. The lowest BCUT2D eigenvalue weighted by atomic mass is 9.92. The monoisotopic (exact) mass is 249 g/mol. The van der Waals surface area contributed by atoms with Gasteiger partial charge in [0.1, 0.15) is 5.41 Å². The van der Waals surface area contributed by atoms with Crippen LogP contribution >= 0.6 is 0 Å². The number of rotatable bonds is 4. The van der Waals surface area contributed by atoms with Crippen LogP contribution in [0, 0.1) is 12.3 Å². The van der Waals surface area contributed by atoms with Crippen LogP contribution < -0.4 is 0 Å². The molecule has 0 heterocycles. The highest BCUT2D eigenvalue weighted by molar-refractivity contribution is 6.00. The Balaban J connectivity index is 2.84. The summed E-state index contributed by atoms with van der Waals surface area (Å²) in [6, 6.07) is 7.74. The van der Waals surface area contributed by atoms with Crippen LogP contribution in [0.1, 0.15) is 25.0 Å². The summed E-state index contributed by atoms with van der Waals surface area (Å²) in [6.07, 6.45) is 0. The smallest absolute Gasteiger partial charge is 0.318 e. The molecule has 0 unspecified atom stereocenters. The molecule has 0 fully saturated rings. The van der Waals surface area contributed by atoms with Crippen LogP contribution in [0.3, 0.4) is 0 Å². The van der Waals surface area contributed by atoms with Crippen LogP contribution in [0.25, 0.3) is 0 Å². The fourth-order valence-electron chi connectivity index (χ4n) is 1.68. The van der Waals surface area contributed by atoms with E-state index in [2.05, 4.69) is 0 Å². The Labute approximate surface area is 107 Å². The van der Waals surface area contributed by atoms with E-state index in [0.29, 0.717) is 6.54 Å². The van der Waals surface area contributed by atoms with Crippen LogP contribution in [-0.2, 0) is 16.1 Å². The van der Waals surface area contributed by atoms with Gasteiger partial charge in [0.05, 0.1) is 0 Å². The average Bonchev–Trinajstić information content (AvgIpc) is 2.30. The first kappa shape index (κ1) is 14.2. The number of amides is 1. The van der Waals surface area contributed by atoms with E-state index in [1.807, 2.05) is 31.2 Å². The highest BCUT2D eigenvalue weighted by Crippen LogP contribution is 2.20. The van der Waals surface area contributed by atoms with Crippen LogP contribution in [-0.4, -0.2) is 28.9 Å². The zero-order valence-electron chi connectivity index (χ0n) is 11.2. The van der Waals surface area contributed by atoms with Gasteiger partial charge in [-0.2, -0.15) is 0 Å². The van der Waals surface area contributed by atoms with Crippen LogP contribution in [0.5, 0.6) is 0 Å². The Morgan fingerprint density at radius 2 is 1.83 bits per heavy atom. The third-order valence-electron chi connectivity index (χ3n) is 3.08. The molecule has 0 aliphatic carbocycles. The van der Waals surface area contributed by atoms with Gasteiger partial charge in [-0.15, -0.1) is 0 Å². The van der Waals surface area contributed by atoms with Crippen molar-refractivity contribution in [3.8, 4) is 0 Å². The number of hydrogen-bond acceptors (Lipinski definition) is 2. The van der Waals surface area contributed by atoms with Gasteiger partial charge in [-0.25, -0.2) is 0 Å². The molecule has 0 bridgehead atoms. The second-order valence-corrected chi connectivity index (χ2v) is 5.02. The lowest BCUT2D eigenvalue weighted by Crippen LogP contribution is -2.43. The van der Waals surface area contributed by atoms with E-state index in [1.165, 1.54) is 18.7 Å². The molecule has 0 aliphatic rings. The molecule has 0 aliphatic heterocycles. The Hall–Kier alpha value is -1.84. The summed E-state index contributed by atoms with van der Waals surface area (Å²) in [4.78, 5) is 24.6. The van der Waals surface area contributed by atoms with Crippen molar-refractivity contribution in [3.05, 3.63) is 35.4 Å². The second kappa shape index (κ2) is 5.21. The predicted molar refractivity (Wildman–Crippen MR) is 69.1 cm³/mol. The minimum Gasteiger partial charge on any atom is -0.480 e. The van der Waals surface area contributed by atoms with Crippen molar-refractivity contribution in [2.45, 2.75) is 27.3 Å². The zero-order chi connectivity index (χ0) is 13.9. The van der Waals surface area contributed by atoms with E-state index in [1.54, 1.807) is 7.05 Å². The van der Waals surface area contributed by atoms with Crippen molar-refractivity contribution in [2.24, 2.45) is 5.41 Å². The molecule has 1 rings (SSSR count). The van der Waals surface area contributed by atoms with Crippen molar-refractivity contribution in [2.75, 3.05) is 7.05 Å². The highest BCUT2D eigenvalue weighted by atomic mass is 16.4. The fourth-order valence-corrected chi connectivity index (χ4v) is 1.68. The number of carboxylic acids is 1. The first-order chi connectivity index (χ1) is 8.26. The standard InChI is InChI=1S/C14H19NO3/c1-10-7-5-6-8-11(10)9-15(4)12(16)14(2,3)13(17)18/h5-8H,9H2,1-4H3,(H,17,18). The quantitative estimate of drug-likeness (QED) is 0.831. The third kappa shape index (κ3) is 2.88. The van der Waals surface area contributed by atoms with Crippen molar-refractivity contribution in [1.29, 1.82) is 0 Å². The number of carbonyl (C=O) groups excluding carboxylic acids is 1. The third-order valence-corrected chi connectivity index (χ3v) is 3.08. The summed E-state index contributed by atoms with van der Waals surface area (Å²) in [6.45, 7) is 5.23. The number of hydrogen-bond donors (Lipinski definition) is 1. The maximum Gasteiger partial charge on any atom is 0.318 e. The molecule has 98 valence electrons. The van der Waals surface area contributed by atoms with Crippen LogP contribution in [0.15, 0.2) is 24.3 Å². The van der Waals surface area contributed by atoms with E-state index in [-0.39, 0.29) is 0 Å². The van der Waals surface area contributed by atoms with Gasteiger partial charge >= 0.3 is 5.97 Å². The van der Waals surface area contributed by atoms with Crippen molar-refractivity contribution in [3.63, 3.8) is 0 Å². The normalized spacial score (nSPS) is 11.1. The minimum atomic E-state index is -1.39. The topological polar surface area (TPSA) is 57.6 Å². The SMILES string of the molecule is Cc1ccccc1CN(C)C(=O)C(C)(C)C(=O)O. The highest BCUT2D eigenvalue weighted by Gasteiger charge is 2.38. The summed E-state index contributed by atoms with van der Waals surface area (Å²) in [5.74, 6) is -1.50. The molecule has 0 radical (unpaired) electrons. The first-order valence-electron chi connectivity index (χ1n) is 5.80. The summed E-state index contributed by atoms with van der Waals surface area (Å²) >= 11 is 0. The van der Waals surface area contributed by atoms with Crippen molar-refractivity contribution < 1.29 is 14.7 Å².